The molecule has 2 N–H and O–H groups in total. The van der Waals surface area contributed by atoms with E-state index < -0.39 is 10.0 Å². The minimum Gasteiger partial charge on any atom is -0.313 e. The van der Waals surface area contributed by atoms with Gasteiger partial charge in [0.2, 0.25) is 10.0 Å². The molecule has 0 radical (unpaired) electrons. The van der Waals surface area contributed by atoms with E-state index in [9.17, 15) is 8.42 Å². The third-order valence-electron chi connectivity index (χ3n) is 2.64. The molecule has 7 heteroatoms. The van der Waals surface area contributed by atoms with Crippen LogP contribution >= 0.6 is 0 Å². The molecule has 0 spiro atoms. The van der Waals surface area contributed by atoms with Crippen molar-refractivity contribution in [3.05, 3.63) is 12.4 Å². The Morgan fingerprint density at radius 2 is 2.11 bits per heavy atom. The summed E-state index contributed by atoms with van der Waals surface area (Å²) in [6.45, 7) is 8.05. The summed E-state index contributed by atoms with van der Waals surface area (Å²) < 4.78 is 28.1. The first kappa shape index (κ1) is 16.1. The number of hydrogen-bond donors (Lipinski definition) is 2. The molecule has 0 bridgehead atoms. The lowest BCUT2D eigenvalue weighted by molar-refractivity contribution is 0.514. The summed E-state index contributed by atoms with van der Waals surface area (Å²) in [4.78, 5) is 0.230. The molecular formula is C12H24N4O2S. The van der Waals surface area contributed by atoms with Crippen LogP contribution in [0.4, 0.5) is 0 Å². The Balaban J connectivity index is 2.53. The topological polar surface area (TPSA) is 76.0 Å². The maximum absolute atomic E-state index is 11.9. The van der Waals surface area contributed by atoms with Crippen molar-refractivity contribution >= 4 is 10.0 Å². The van der Waals surface area contributed by atoms with Crippen LogP contribution in [0.2, 0.25) is 0 Å². The molecule has 0 aromatic carbocycles. The summed E-state index contributed by atoms with van der Waals surface area (Å²) in [6, 6.07) is 0.412. The zero-order chi connectivity index (χ0) is 14.3. The van der Waals surface area contributed by atoms with E-state index in [1.54, 1.807) is 10.9 Å². The van der Waals surface area contributed by atoms with Gasteiger partial charge in [0.05, 0.1) is 12.7 Å². The second-order valence-electron chi connectivity index (χ2n) is 4.80. The van der Waals surface area contributed by atoms with Crippen LogP contribution in [0.3, 0.4) is 0 Å². The Bertz CT molecular complexity index is 468. The van der Waals surface area contributed by atoms with Gasteiger partial charge in [-0.2, -0.15) is 5.10 Å². The molecule has 1 aromatic heterocycles. The summed E-state index contributed by atoms with van der Waals surface area (Å²) in [6.07, 6.45) is 4.76. The third kappa shape index (κ3) is 5.71. The molecule has 0 aliphatic rings. The van der Waals surface area contributed by atoms with Gasteiger partial charge < -0.3 is 5.32 Å². The fourth-order valence-electron chi connectivity index (χ4n) is 1.54. The van der Waals surface area contributed by atoms with E-state index in [1.165, 1.54) is 6.20 Å². The fourth-order valence-corrected chi connectivity index (χ4v) is 2.57. The molecule has 1 aromatic rings. The quantitative estimate of drug-likeness (QED) is 0.664. The van der Waals surface area contributed by atoms with Crippen LogP contribution in [-0.4, -0.2) is 37.3 Å². The highest BCUT2D eigenvalue weighted by molar-refractivity contribution is 7.89. The molecule has 0 saturated heterocycles. The molecule has 0 unspecified atom stereocenters. The number of nitrogens with zero attached hydrogens (tertiary/aromatic N) is 2. The van der Waals surface area contributed by atoms with Crippen LogP contribution in [-0.2, 0) is 16.6 Å². The van der Waals surface area contributed by atoms with Crippen LogP contribution in [0.25, 0.3) is 0 Å². The first-order valence-electron chi connectivity index (χ1n) is 6.71. The van der Waals surface area contributed by atoms with Crippen molar-refractivity contribution in [3.63, 3.8) is 0 Å². The van der Waals surface area contributed by atoms with Crippen molar-refractivity contribution in [1.29, 1.82) is 0 Å². The number of rotatable bonds is 9. The lowest BCUT2D eigenvalue weighted by atomic mass is 10.3. The van der Waals surface area contributed by atoms with Gasteiger partial charge >= 0.3 is 0 Å². The maximum Gasteiger partial charge on any atom is 0.243 e. The zero-order valence-corrected chi connectivity index (χ0v) is 12.7. The predicted molar refractivity (Wildman–Crippen MR) is 75.5 cm³/mol. The number of hydrogen-bond acceptors (Lipinski definition) is 4. The van der Waals surface area contributed by atoms with Crippen LogP contribution < -0.4 is 10.0 Å². The van der Waals surface area contributed by atoms with Gasteiger partial charge in [-0.05, 0) is 6.42 Å². The monoisotopic (exact) mass is 288 g/mol. The number of aromatic nitrogens is 2. The van der Waals surface area contributed by atoms with Crippen molar-refractivity contribution in [3.8, 4) is 0 Å². The van der Waals surface area contributed by atoms with E-state index in [1.807, 2.05) is 6.92 Å². The normalized spacial score (nSPS) is 12.2. The molecule has 1 rings (SSSR count). The maximum atomic E-state index is 11.9. The van der Waals surface area contributed by atoms with Gasteiger partial charge in [0.25, 0.3) is 0 Å². The summed E-state index contributed by atoms with van der Waals surface area (Å²) in [5, 5.41) is 7.32. The summed E-state index contributed by atoms with van der Waals surface area (Å²) in [5.41, 5.74) is 0. The van der Waals surface area contributed by atoms with E-state index in [2.05, 4.69) is 29.0 Å². The van der Waals surface area contributed by atoms with Crippen molar-refractivity contribution in [2.45, 2.75) is 51.1 Å². The Labute approximate surface area is 115 Å². The highest BCUT2D eigenvalue weighted by Gasteiger charge is 2.15. The highest BCUT2D eigenvalue weighted by Crippen LogP contribution is 2.06. The van der Waals surface area contributed by atoms with Crippen molar-refractivity contribution < 1.29 is 8.42 Å². The molecule has 6 nitrogen and oxygen atoms in total. The average molecular weight is 288 g/mol. The minimum atomic E-state index is -3.41. The largest absolute Gasteiger partial charge is 0.313 e. The van der Waals surface area contributed by atoms with Crippen molar-refractivity contribution in [1.82, 2.24) is 19.8 Å². The smallest absolute Gasteiger partial charge is 0.243 e. The molecule has 0 fully saturated rings. The van der Waals surface area contributed by atoms with Crippen molar-refractivity contribution in [2.75, 3.05) is 13.1 Å². The Kier molecular flexibility index (Phi) is 6.47. The van der Waals surface area contributed by atoms with E-state index in [4.69, 9.17) is 0 Å². The molecule has 0 amide bonds. The SMILES string of the molecule is CCCCNS(=O)(=O)c1cnn(CCNC(C)C)c1. The van der Waals surface area contributed by atoms with Gasteiger partial charge in [0, 0.05) is 25.3 Å². The number of unbranched alkanes of at least 4 members (excludes halogenated alkanes) is 1. The van der Waals surface area contributed by atoms with Gasteiger partial charge in [-0.25, -0.2) is 13.1 Å². The lowest BCUT2D eigenvalue weighted by Gasteiger charge is -2.07. The predicted octanol–water partition coefficient (Wildman–Crippen LogP) is 0.960. The van der Waals surface area contributed by atoms with E-state index in [0.29, 0.717) is 19.1 Å². The second-order valence-corrected chi connectivity index (χ2v) is 6.57. The van der Waals surface area contributed by atoms with E-state index in [-0.39, 0.29) is 4.90 Å². The van der Waals surface area contributed by atoms with E-state index in [0.717, 1.165) is 19.4 Å². The molecule has 19 heavy (non-hydrogen) atoms. The Morgan fingerprint density at radius 1 is 1.37 bits per heavy atom. The summed E-state index contributed by atoms with van der Waals surface area (Å²) in [5.74, 6) is 0. The third-order valence-corrected chi connectivity index (χ3v) is 4.05. The number of nitrogens with one attached hydrogen (secondary N) is 2. The standard InChI is InChI=1S/C12H24N4O2S/c1-4-5-6-15-19(17,18)12-9-14-16(10-12)8-7-13-11(2)3/h9-11,13,15H,4-8H2,1-3H3. The van der Waals surface area contributed by atoms with Gasteiger partial charge in [0.1, 0.15) is 4.90 Å². The van der Waals surface area contributed by atoms with Crippen molar-refractivity contribution in [2.24, 2.45) is 0 Å². The second kappa shape index (κ2) is 7.62. The average Bonchev–Trinajstić information content (AvgIpc) is 2.78. The zero-order valence-electron chi connectivity index (χ0n) is 11.9. The van der Waals surface area contributed by atoms with Gasteiger partial charge in [0.15, 0.2) is 0 Å². The summed E-state index contributed by atoms with van der Waals surface area (Å²) in [7, 11) is -3.41. The Morgan fingerprint density at radius 3 is 2.74 bits per heavy atom. The molecule has 1 heterocycles. The summed E-state index contributed by atoms with van der Waals surface area (Å²) >= 11 is 0. The van der Waals surface area contributed by atoms with E-state index >= 15 is 0 Å². The molecular weight excluding hydrogens is 264 g/mol. The Hall–Kier alpha value is -0.920. The van der Waals surface area contributed by atoms with Gasteiger partial charge in [-0.15, -0.1) is 0 Å². The van der Waals surface area contributed by atoms with Gasteiger partial charge in [-0.3, -0.25) is 4.68 Å². The van der Waals surface area contributed by atoms with Gasteiger partial charge in [-0.1, -0.05) is 27.2 Å². The minimum absolute atomic E-state index is 0.230. The van der Waals surface area contributed by atoms with Crippen LogP contribution in [0.15, 0.2) is 17.3 Å². The van der Waals surface area contributed by atoms with Crippen LogP contribution in [0.5, 0.6) is 0 Å². The number of sulfonamides is 1. The molecule has 0 atom stereocenters. The molecule has 110 valence electrons. The highest BCUT2D eigenvalue weighted by atomic mass is 32.2. The first-order valence-corrected chi connectivity index (χ1v) is 8.19. The van der Waals surface area contributed by atoms with Crippen LogP contribution in [0.1, 0.15) is 33.6 Å². The molecule has 0 aliphatic carbocycles. The first-order chi connectivity index (χ1) is 8.95. The molecule has 0 aliphatic heterocycles. The van der Waals surface area contributed by atoms with Crippen LogP contribution in [0, 0.1) is 0 Å². The molecule has 0 saturated carbocycles. The lowest BCUT2D eigenvalue weighted by Crippen LogP contribution is -2.27. The fraction of sp³-hybridized carbons (Fsp3) is 0.750.